The number of amides is 1. The molecule has 3 heteroatoms. The lowest BCUT2D eigenvalue weighted by Crippen LogP contribution is -2.48. The summed E-state index contributed by atoms with van der Waals surface area (Å²) < 4.78 is 0. The largest absolute Gasteiger partial charge is 0.340 e. The Morgan fingerprint density at radius 1 is 0.643 bits per heavy atom. The maximum atomic E-state index is 12.5. The van der Waals surface area contributed by atoms with Crippen molar-refractivity contribution in [2.75, 3.05) is 26.2 Å². The molecule has 28 heavy (non-hydrogen) atoms. The van der Waals surface area contributed by atoms with Crippen molar-refractivity contribution in [1.82, 2.24) is 9.80 Å². The smallest absolute Gasteiger partial charge is 0.227 e. The Balaban J connectivity index is 1.28. The lowest BCUT2D eigenvalue weighted by atomic mass is 10.0. The van der Waals surface area contributed by atoms with Crippen LogP contribution in [0.25, 0.3) is 11.1 Å². The average Bonchev–Trinajstić information content (AvgIpc) is 2.76. The van der Waals surface area contributed by atoms with Gasteiger partial charge in [-0.25, -0.2) is 0 Å². The van der Waals surface area contributed by atoms with Gasteiger partial charge < -0.3 is 4.90 Å². The van der Waals surface area contributed by atoms with Gasteiger partial charge in [-0.05, 0) is 22.3 Å². The molecule has 1 heterocycles. The summed E-state index contributed by atoms with van der Waals surface area (Å²) in [6.07, 6.45) is 0.502. The molecular formula is C25H26N2O. The summed E-state index contributed by atoms with van der Waals surface area (Å²) >= 11 is 0. The molecule has 4 rings (SSSR count). The van der Waals surface area contributed by atoms with Crippen LogP contribution in [-0.2, 0) is 17.8 Å². The summed E-state index contributed by atoms with van der Waals surface area (Å²) in [6, 6.07) is 29.3. The SMILES string of the molecule is O=C(Cc1ccccc1)N1CCN(Cc2ccc(-c3ccccc3)cc2)CC1. The molecule has 3 aromatic rings. The number of rotatable bonds is 5. The fourth-order valence-electron chi connectivity index (χ4n) is 3.73. The summed E-state index contributed by atoms with van der Waals surface area (Å²) in [6.45, 7) is 4.43. The van der Waals surface area contributed by atoms with E-state index in [1.807, 2.05) is 41.3 Å². The highest BCUT2D eigenvalue weighted by atomic mass is 16.2. The van der Waals surface area contributed by atoms with Crippen LogP contribution in [0.4, 0.5) is 0 Å². The van der Waals surface area contributed by atoms with E-state index in [0.29, 0.717) is 6.42 Å². The minimum Gasteiger partial charge on any atom is -0.340 e. The van der Waals surface area contributed by atoms with E-state index in [1.54, 1.807) is 0 Å². The van der Waals surface area contributed by atoms with Gasteiger partial charge in [0.15, 0.2) is 0 Å². The van der Waals surface area contributed by atoms with Crippen molar-refractivity contribution >= 4 is 5.91 Å². The molecule has 1 aliphatic rings. The third-order valence-electron chi connectivity index (χ3n) is 5.39. The van der Waals surface area contributed by atoms with Crippen LogP contribution in [0.1, 0.15) is 11.1 Å². The van der Waals surface area contributed by atoms with Crippen LogP contribution in [0.2, 0.25) is 0 Å². The van der Waals surface area contributed by atoms with Gasteiger partial charge in [-0.15, -0.1) is 0 Å². The lowest BCUT2D eigenvalue weighted by Gasteiger charge is -2.35. The first-order chi connectivity index (χ1) is 13.8. The second kappa shape index (κ2) is 8.85. The quantitative estimate of drug-likeness (QED) is 0.671. The molecule has 0 aliphatic carbocycles. The van der Waals surface area contributed by atoms with Gasteiger partial charge in [0.2, 0.25) is 5.91 Å². The van der Waals surface area contributed by atoms with Crippen molar-refractivity contribution < 1.29 is 4.79 Å². The first kappa shape index (κ1) is 18.5. The topological polar surface area (TPSA) is 23.6 Å². The van der Waals surface area contributed by atoms with Gasteiger partial charge in [-0.1, -0.05) is 84.9 Å². The summed E-state index contributed by atoms with van der Waals surface area (Å²) in [4.78, 5) is 16.9. The maximum Gasteiger partial charge on any atom is 0.227 e. The molecular weight excluding hydrogens is 344 g/mol. The van der Waals surface area contributed by atoms with Crippen molar-refractivity contribution in [3.63, 3.8) is 0 Å². The predicted molar refractivity (Wildman–Crippen MR) is 114 cm³/mol. The Morgan fingerprint density at radius 3 is 1.86 bits per heavy atom. The first-order valence-electron chi connectivity index (χ1n) is 9.96. The van der Waals surface area contributed by atoms with E-state index in [1.165, 1.54) is 16.7 Å². The van der Waals surface area contributed by atoms with Gasteiger partial charge in [0.1, 0.15) is 0 Å². The second-order valence-electron chi connectivity index (χ2n) is 7.38. The molecule has 1 fully saturated rings. The Kier molecular flexibility index (Phi) is 5.83. The zero-order valence-electron chi connectivity index (χ0n) is 16.1. The first-order valence-corrected chi connectivity index (χ1v) is 9.96. The Morgan fingerprint density at radius 2 is 1.21 bits per heavy atom. The molecule has 1 amide bonds. The molecule has 142 valence electrons. The van der Waals surface area contributed by atoms with E-state index in [9.17, 15) is 4.79 Å². The number of hydrogen-bond donors (Lipinski definition) is 0. The molecule has 0 spiro atoms. The van der Waals surface area contributed by atoms with Crippen LogP contribution in [0, 0.1) is 0 Å². The highest BCUT2D eigenvalue weighted by Crippen LogP contribution is 2.20. The molecule has 0 aromatic heterocycles. The van der Waals surface area contributed by atoms with Crippen molar-refractivity contribution in [1.29, 1.82) is 0 Å². The van der Waals surface area contributed by atoms with Gasteiger partial charge in [0.25, 0.3) is 0 Å². The van der Waals surface area contributed by atoms with Crippen LogP contribution < -0.4 is 0 Å². The van der Waals surface area contributed by atoms with E-state index in [2.05, 4.69) is 53.4 Å². The van der Waals surface area contributed by atoms with Gasteiger partial charge in [0, 0.05) is 32.7 Å². The molecule has 1 saturated heterocycles. The van der Waals surface area contributed by atoms with Crippen molar-refractivity contribution in [3.05, 3.63) is 96.1 Å². The molecule has 1 aliphatic heterocycles. The Labute approximate surface area is 167 Å². The molecule has 0 saturated carbocycles. The van der Waals surface area contributed by atoms with Crippen LogP contribution in [0.15, 0.2) is 84.9 Å². The minimum absolute atomic E-state index is 0.234. The highest BCUT2D eigenvalue weighted by Gasteiger charge is 2.21. The fourth-order valence-corrected chi connectivity index (χ4v) is 3.73. The standard InChI is InChI=1S/C25H26N2O/c28-25(19-21-7-3-1-4-8-21)27-17-15-26(16-18-27)20-22-11-13-24(14-12-22)23-9-5-2-6-10-23/h1-14H,15-20H2. The third-order valence-corrected chi connectivity index (χ3v) is 5.39. The number of piperazine rings is 1. The number of carbonyl (C=O) groups is 1. The van der Waals surface area contributed by atoms with Crippen molar-refractivity contribution in [2.24, 2.45) is 0 Å². The molecule has 0 N–H and O–H groups in total. The van der Waals surface area contributed by atoms with Gasteiger partial charge in [-0.3, -0.25) is 9.69 Å². The molecule has 0 bridgehead atoms. The van der Waals surface area contributed by atoms with Gasteiger partial charge in [-0.2, -0.15) is 0 Å². The minimum atomic E-state index is 0.234. The summed E-state index contributed by atoms with van der Waals surface area (Å²) in [7, 11) is 0. The molecule has 3 nitrogen and oxygen atoms in total. The van der Waals surface area contributed by atoms with E-state index in [0.717, 1.165) is 38.3 Å². The zero-order valence-corrected chi connectivity index (χ0v) is 16.1. The third kappa shape index (κ3) is 4.68. The highest BCUT2D eigenvalue weighted by molar-refractivity contribution is 5.78. The Bertz CT molecular complexity index is 883. The molecule has 0 unspecified atom stereocenters. The monoisotopic (exact) mass is 370 g/mol. The molecule has 0 radical (unpaired) electrons. The summed E-state index contributed by atoms with van der Waals surface area (Å²) in [5.41, 5.74) is 4.91. The van der Waals surface area contributed by atoms with E-state index < -0.39 is 0 Å². The maximum absolute atomic E-state index is 12.5. The second-order valence-corrected chi connectivity index (χ2v) is 7.38. The van der Waals surface area contributed by atoms with Crippen LogP contribution in [-0.4, -0.2) is 41.9 Å². The van der Waals surface area contributed by atoms with Crippen LogP contribution >= 0.6 is 0 Å². The lowest BCUT2D eigenvalue weighted by molar-refractivity contribution is -0.132. The average molecular weight is 370 g/mol. The number of benzene rings is 3. The van der Waals surface area contributed by atoms with Crippen molar-refractivity contribution in [3.8, 4) is 11.1 Å². The van der Waals surface area contributed by atoms with Crippen molar-refractivity contribution in [2.45, 2.75) is 13.0 Å². The number of hydrogen-bond acceptors (Lipinski definition) is 2. The molecule has 3 aromatic carbocycles. The van der Waals surface area contributed by atoms with Gasteiger partial charge >= 0.3 is 0 Å². The van der Waals surface area contributed by atoms with E-state index in [4.69, 9.17) is 0 Å². The predicted octanol–water partition coefficient (Wildman–Crippen LogP) is 4.24. The van der Waals surface area contributed by atoms with Crippen LogP contribution in [0.5, 0.6) is 0 Å². The summed E-state index contributed by atoms with van der Waals surface area (Å²) in [5.74, 6) is 0.234. The summed E-state index contributed by atoms with van der Waals surface area (Å²) in [5, 5.41) is 0. The van der Waals surface area contributed by atoms with E-state index >= 15 is 0 Å². The molecule has 0 atom stereocenters. The zero-order chi connectivity index (χ0) is 19.2. The van der Waals surface area contributed by atoms with Crippen LogP contribution in [0.3, 0.4) is 0 Å². The van der Waals surface area contributed by atoms with E-state index in [-0.39, 0.29) is 5.91 Å². The number of carbonyl (C=O) groups excluding carboxylic acids is 1. The van der Waals surface area contributed by atoms with Gasteiger partial charge in [0.05, 0.1) is 6.42 Å². The number of nitrogens with zero attached hydrogens (tertiary/aromatic N) is 2. The Hall–Kier alpha value is -2.91. The fraction of sp³-hybridized carbons (Fsp3) is 0.240. The normalized spacial score (nSPS) is 14.8.